The molecule has 2 N–H and O–H groups in total. The summed E-state index contributed by atoms with van der Waals surface area (Å²) in [5, 5.41) is 2.38. The second-order valence-corrected chi connectivity index (χ2v) is 5.79. The highest BCUT2D eigenvalue weighted by molar-refractivity contribution is 5.85. The highest BCUT2D eigenvalue weighted by Crippen LogP contribution is 2.26. The van der Waals surface area contributed by atoms with Gasteiger partial charge in [-0.25, -0.2) is 0 Å². The lowest BCUT2D eigenvalue weighted by Crippen LogP contribution is -2.54. The Bertz CT molecular complexity index is 593. The van der Waals surface area contributed by atoms with Crippen LogP contribution in [0.5, 0.6) is 0 Å². The summed E-state index contributed by atoms with van der Waals surface area (Å²) in [5.41, 5.74) is 7.73. The molecule has 1 aliphatic rings. The topological polar surface area (TPSA) is 45.4 Å². The van der Waals surface area contributed by atoms with E-state index in [1.54, 1.807) is 0 Å². The second-order valence-electron chi connectivity index (χ2n) is 5.79. The Morgan fingerprint density at radius 2 is 2.00 bits per heavy atom. The van der Waals surface area contributed by atoms with E-state index in [9.17, 15) is 0 Å². The molecule has 1 fully saturated rings. The van der Waals surface area contributed by atoms with Crippen molar-refractivity contribution in [2.45, 2.75) is 12.1 Å². The van der Waals surface area contributed by atoms with Crippen LogP contribution in [-0.2, 0) is 0 Å². The maximum absolute atomic E-state index is 6.58. The zero-order valence-corrected chi connectivity index (χ0v) is 12.2. The van der Waals surface area contributed by atoms with Crippen molar-refractivity contribution in [1.82, 2.24) is 14.8 Å². The molecule has 1 aliphatic heterocycles. The predicted octanol–water partition coefficient (Wildman–Crippen LogP) is 1.48. The second kappa shape index (κ2) is 5.48. The van der Waals surface area contributed by atoms with E-state index in [4.69, 9.17) is 5.73 Å². The summed E-state index contributed by atoms with van der Waals surface area (Å²) in [7, 11) is 4.32. The monoisotopic (exact) mass is 270 g/mol. The minimum Gasteiger partial charge on any atom is -0.323 e. The van der Waals surface area contributed by atoms with Crippen LogP contribution in [0.25, 0.3) is 10.8 Å². The van der Waals surface area contributed by atoms with Crippen molar-refractivity contribution in [3.8, 4) is 0 Å². The van der Waals surface area contributed by atoms with E-state index in [-0.39, 0.29) is 6.04 Å². The van der Waals surface area contributed by atoms with Gasteiger partial charge in [0.2, 0.25) is 0 Å². The summed E-state index contributed by atoms with van der Waals surface area (Å²) in [5.74, 6) is 0. The van der Waals surface area contributed by atoms with Crippen molar-refractivity contribution >= 4 is 10.8 Å². The van der Waals surface area contributed by atoms with Gasteiger partial charge in [-0.15, -0.1) is 0 Å². The van der Waals surface area contributed by atoms with Crippen LogP contribution in [0.4, 0.5) is 0 Å². The van der Waals surface area contributed by atoms with Crippen LogP contribution in [0.15, 0.2) is 36.7 Å². The molecule has 0 saturated carbocycles. The van der Waals surface area contributed by atoms with Gasteiger partial charge in [-0.1, -0.05) is 24.3 Å². The number of fused-ring (bicyclic) bond motifs is 1. The number of hydrogen-bond donors (Lipinski definition) is 1. The van der Waals surface area contributed by atoms with E-state index >= 15 is 0 Å². The molecule has 1 saturated heterocycles. The summed E-state index contributed by atoms with van der Waals surface area (Å²) in [6.07, 6.45) is 3.83. The summed E-state index contributed by atoms with van der Waals surface area (Å²) < 4.78 is 0. The number of nitrogens with zero attached hydrogens (tertiary/aromatic N) is 3. The molecule has 3 rings (SSSR count). The third-order valence-corrected chi connectivity index (χ3v) is 4.37. The lowest BCUT2D eigenvalue weighted by Gasteiger charge is -2.41. The first-order chi connectivity index (χ1) is 9.66. The maximum atomic E-state index is 6.58. The van der Waals surface area contributed by atoms with Crippen molar-refractivity contribution in [2.75, 3.05) is 33.7 Å². The first-order valence-electron chi connectivity index (χ1n) is 7.14. The number of benzene rings is 1. The van der Waals surface area contributed by atoms with Gasteiger partial charge >= 0.3 is 0 Å². The number of hydrogen-bond acceptors (Lipinski definition) is 4. The molecule has 0 radical (unpaired) electrons. The van der Waals surface area contributed by atoms with Crippen LogP contribution in [0.3, 0.4) is 0 Å². The quantitative estimate of drug-likeness (QED) is 0.898. The Labute approximate surface area is 120 Å². The molecule has 20 heavy (non-hydrogen) atoms. The van der Waals surface area contributed by atoms with Crippen molar-refractivity contribution < 1.29 is 0 Å². The summed E-state index contributed by atoms with van der Waals surface area (Å²) in [4.78, 5) is 9.08. The molecule has 4 heteroatoms. The number of nitrogens with two attached hydrogens (primary N) is 1. The Morgan fingerprint density at radius 3 is 2.85 bits per heavy atom. The van der Waals surface area contributed by atoms with E-state index in [1.807, 2.05) is 18.5 Å². The lowest BCUT2D eigenvalue weighted by atomic mass is 9.94. The summed E-state index contributed by atoms with van der Waals surface area (Å²) in [6.45, 7) is 3.17. The largest absolute Gasteiger partial charge is 0.323 e. The van der Waals surface area contributed by atoms with Gasteiger partial charge in [-0.3, -0.25) is 9.88 Å². The van der Waals surface area contributed by atoms with E-state index in [2.05, 4.69) is 47.1 Å². The average Bonchev–Trinajstić information content (AvgIpc) is 2.48. The van der Waals surface area contributed by atoms with Crippen LogP contribution in [0.1, 0.15) is 11.6 Å². The molecule has 2 atom stereocenters. The van der Waals surface area contributed by atoms with Gasteiger partial charge in [0.15, 0.2) is 0 Å². The van der Waals surface area contributed by atoms with Crippen molar-refractivity contribution in [3.05, 3.63) is 42.2 Å². The Morgan fingerprint density at radius 1 is 1.20 bits per heavy atom. The van der Waals surface area contributed by atoms with E-state index in [1.165, 1.54) is 5.39 Å². The molecular weight excluding hydrogens is 248 g/mol. The maximum Gasteiger partial charge on any atom is 0.0487 e. The van der Waals surface area contributed by atoms with Gasteiger partial charge in [-0.2, -0.15) is 0 Å². The zero-order valence-electron chi connectivity index (χ0n) is 12.2. The Kier molecular flexibility index (Phi) is 3.70. The fourth-order valence-electron chi connectivity index (χ4n) is 3.04. The molecule has 2 unspecified atom stereocenters. The van der Waals surface area contributed by atoms with Crippen LogP contribution < -0.4 is 5.73 Å². The van der Waals surface area contributed by atoms with Gasteiger partial charge in [0.05, 0.1) is 0 Å². The molecule has 2 aromatic rings. The molecule has 106 valence electrons. The van der Waals surface area contributed by atoms with Crippen molar-refractivity contribution in [1.29, 1.82) is 0 Å². The average molecular weight is 270 g/mol. The molecule has 0 aliphatic carbocycles. The number of piperazine rings is 1. The minimum atomic E-state index is -0.0126. The number of aromatic nitrogens is 1. The fourth-order valence-corrected chi connectivity index (χ4v) is 3.04. The first-order valence-corrected chi connectivity index (χ1v) is 7.14. The molecule has 2 heterocycles. The van der Waals surface area contributed by atoms with Gasteiger partial charge in [0, 0.05) is 49.5 Å². The standard InChI is InChI=1S/C16H22N4/c1-19-7-8-20(2)15(11-19)16(17)14-10-18-9-12-5-3-4-6-13(12)14/h3-6,9-10,15-16H,7-8,11,17H2,1-2H3. The van der Waals surface area contributed by atoms with E-state index < -0.39 is 0 Å². The zero-order chi connectivity index (χ0) is 14.1. The normalized spacial score (nSPS) is 23.1. The van der Waals surface area contributed by atoms with Crippen molar-refractivity contribution in [3.63, 3.8) is 0 Å². The predicted molar refractivity (Wildman–Crippen MR) is 82.6 cm³/mol. The third-order valence-electron chi connectivity index (χ3n) is 4.37. The highest BCUT2D eigenvalue weighted by atomic mass is 15.3. The van der Waals surface area contributed by atoms with E-state index in [0.717, 1.165) is 30.6 Å². The fraction of sp³-hybridized carbons (Fsp3) is 0.438. The number of likely N-dealkylation sites (N-methyl/N-ethyl adjacent to an activating group) is 2. The lowest BCUT2D eigenvalue weighted by molar-refractivity contribution is 0.0976. The molecule has 4 nitrogen and oxygen atoms in total. The van der Waals surface area contributed by atoms with Gasteiger partial charge in [0.25, 0.3) is 0 Å². The Balaban J connectivity index is 1.97. The minimum absolute atomic E-state index is 0.0126. The van der Waals surface area contributed by atoms with Crippen LogP contribution >= 0.6 is 0 Å². The van der Waals surface area contributed by atoms with Gasteiger partial charge in [0.1, 0.15) is 0 Å². The molecular formula is C16H22N4. The van der Waals surface area contributed by atoms with Gasteiger partial charge < -0.3 is 10.6 Å². The molecule has 0 bridgehead atoms. The van der Waals surface area contributed by atoms with Crippen LogP contribution in [-0.4, -0.2) is 54.6 Å². The SMILES string of the molecule is CN1CCN(C)C(C(N)c2cncc3ccccc23)C1. The third kappa shape index (κ3) is 2.42. The van der Waals surface area contributed by atoms with Crippen LogP contribution in [0, 0.1) is 0 Å². The van der Waals surface area contributed by atoms with E-state index in [0.29, 0.717) is 6.04 Å². The molecule has 1 aromatic carbocycles. The summed E-state index contributed by atoms with van der Waals surface area (Å²) in [6, 6.07) is 8.66. The summed E-state index contributed by atoms with van der Waals surface area (Å²) >= 11 is 0. The Hall–Kier alpha value is -1.49. The molecule has 0 spiro atoms. The van der Waals surface area contributed by atoms with Crippen LogP contribution in [0.2, 0.25) is 0 Å². The highest BCUT2D eigenvalue weighted by Gasteiger charge is 2.29. The number of pyridine rings is 1. The smallest absolute Gasteiger partial charge is 0.0487 e. The molecule has 1 aromatic heterocycles. The van der Waals surface area contributed by atoms with Gasteiger partial charge in [-0.05, 0) is 25.0 Å². The molecule has 0 amide bonds. The van der Waals surface area contributed by atoms with Crippen molar-refractivity contribution in [2.24, 2.45) is 5.73 Å². The number of rotatable bonds is 2. The first kappa shape index (κ1) is 13.5.